The van der Waals surface area contributed by atoms with Gasteiger partial charge in [-0.05, 0) is 25.0 Å². The SMILES string of the molecule is NC1CCN(c2cnc(-c3cccc(O)c3)nc2)CC1. The molecule has 1 aromatic carbocycles. The number of piperidine rings is 1. The summed E-state index contributed by atoms with van der Waals surface area (Å²) in [5, 5.41) is 9.48. The van der Waals surface area contributed by atoms with E-state index in [4.69, 9.17) is 5.73 Å². The maximum absolute atomic E-state index is 9.48. The molecular formula is C15H18N4O. The van der Waals surface area contributed by atoms with E-state index < -0.39 is 0 Å². The zero-order valence-corrected chi connectivity index (χ0v) is 11.2. The number of aromatic nitrogens is 2. The molecule has 1 fully saturated rings. The van der Waals surface area contributed by atoms with Crippen LogP contribution in [0.1, 0.15) is 12.8 Å². The Balaban J connectivity index is 1.78. The van der Waals surface area contributed by atoms with Gasteiger partial charge in [-0.1, -0.05) is 12.1 Å². The van der Waals surface area contributed by atoms with Crippen molar-refractivity contribution < 1.29 is 5.11 Å². The molecule has 1 saturated heterocycles. The number of hydrogen-bond acceptors (Lipinski definition) is 5. The Hall–Kier alpha value is -2.14. The highest BCUT2D eigenvalue weighted by Gasteiger charge is 2.16. The van der Waals surface area contributed by atoms with Gasteiger partial charge in [0.15, 0.2) is 5.82 Å². The first kappa shape index (κ1) is 12.9. The van der Waals surface area contributed by atoms with E-state index in [1.54, 1.807) is 18.2 Å². The lowest BCUT2D eigenvalue weighted by molar-refractivity contribution is 0.475. The number of hydrogen-bond donors (Lipinski definition) is 2. The highest BCUT2D eigenvalue weighted by atomic mass is 16.3. The Bertz CT molecular complexity index is 577. The Labute approximate surface area is 118 Å². The number of aromatic hydroxyl groups is 1. The van der Waals surface area contributed by atoms with Crippen molar-refractivity contribution in [3.05, 3.63) is 36.7 Å². The first-order valence-corrected chi connectivity index (χ1v) is 6.84. The minimum atomic E-state index is 0.222. The van der Waals surface area contributed by atoms with Crippen LogP contribution in [0.4, 0.5) is 5.69 Å². The summed E-state index contributed by atoms with van der Waals surface area (Å²) in [6, 6.07) is 7.28. The van der Waals surface area contributed by atoms with Crippen LogP contribution >= 0.6 is 0 Å². The van der Waals surface area contributed by atoms with Crippen LogP contribution < -0.4 is 10.6 Å². The van der Waals surface area contributed by atoms with Gasteiger partial charge < -0.3 is 15.7 Å². The summed E-state index contributed by atoms with van der Waals surface area (Å²) in [7, 11) is 0. The molecule has 0 saturated carbocycles. The Morgan fingerprint density at radius 3 is 2.50 bits per heavy atom. The van der Waals surface area contributed by atoms with E-state index in [0.29, 0.717) is 11.9 Å². The lowest BCUT2D eigenvalue weighted by atomic mass is 10.1. The van der Waals surface area contributed by atoms with Crippen molar-refractivity contribution in [2.24, 2.45) is 5.73 Å². The lowest BCUT2D eigenvalue weighted by Gasteiger charge is -2.31. The van der Waals surface area contributed by atoms with E-state index in [2.05, 4.69) is 14.9 Å². The molecule has 5 heteroatoms. The van der Waals surface area contributed by atoms with E-state index in [-0.39, 0.29) is 5.75 Å². The molecule has 0 bridgehead atoms. The number of benzene rings is 1. The van der Waals surface area contributed by atoms with Crippen molar-refractivity contribution in [1.29, 1.82) is 0 Å². The van der Waals surface area contributed by atoms with Crippen LogP contribution in [-0.4, -0.2) is 34.2 Å². The standard InChI is InChI=1S/C15H18N4O/c16-12-4-6-19(7-5-12)13-9-17-15(18-10-13)11-2-1-3-14(20)8-11/h1-3,8-10,12,20H,4-7,16H2. The molecule has 20 heavy (non-hydrogen) atoms. The van der Waals surface area contributed by atoms with Gasteiger partial charge in [0.25, 0.3) is 0 Å². The molecule has 0 amide bonds. The average molecular weight is 270 g/mol. The number of anilines is 1. The maximum atomic E-state index is 9.48. The fourth-order valence-electron chi connectivity index (χ4n) is 2.44. The Morgan fingerprint density at radius 1 is 1.15 bits per heavy atom. The van der Waals surface area contributed by atoms with Crippen molar-refractivity contribution in [3.63, 3.8) is 0 Å². The van der Waals surface area contributed by atoms with Gasteiger partial charge in [0, 0.05) is 24.7 Å². The van der Waals surface area contributed by atoms with Crippen molar-refractivity contribution in [3.8, 4) is 17.1 Å². The maximum Gasteiger partial charge on any atom is 0.159 e. The van der Waals surface area contributed by atoms with E-state index in [0.717, 1.165) is 37.2 Å². The first-order valence-electron chi connectivity index (χ1n) is 6.84. The van der Waals surface area contributed by atoms with Gasteiger partial charge in [-0.3, -0.25) is 0 Å². The monoisotopic (exact) mass is 270 g/mol. The lowest BCUT2D eigenvalue weighted by Crippen LogP contribution is -2.39. The normalized spacial score (nSPS) is 16.4. The molecule has 0 atom stereocenters. The zero-order chi connectivity index (χ0) is 13.9. The topological polar surface area (TPSA) is 75.3 Å². The molecule has 1 aromatic heterocycles. The first-order chi connectivity index (χ1) is 9.72. The molecule has 2 aromatic rings. The highest BCUT2D eigenvalue weighted by Crippen LogP contribution is 2.22. The molecule has 1 aliphatic rings. The number of nitrogens with zero attached hydrogens (tertiary/aromatic N) is 3. The third kappa shape index (κ3) is 2.72. The summed E-state index contributed by atoms with van der Waals surface area (Å²) in [5.41, 5.74) is 7.75. The van der Waals surface area contributed by atoms with Crippen molar-refractivity contribution in [2.45, 2.75) is 18.9 Å². The average Bonchev–Trinajstić information content (AvgIpc) is 2.48. The second-order valence-corrected chi connectivity index (χ2v) is 5.14. The van der Waals surface area contributed by atoms with Gasteiger partial charge in [-0.2, -0.15) is 0 Å². The van der Waals surface area contributed by atoms with Gasteiger partial charge in [0.1, 0.15) is 5.75 Å². The molecule has 5 nitrogen and oxygen atoms in total. The highest BCUT2D eigenvalue weighted by molar-refractivity contribution is 5.58. The summed E-state index contributed by atoms with van der Waals surface area (Å²) in [5.74, 6) is 0.846. The van der Waals surface area contributed by atoms with Gasteiger partial charge in [-0.15, -0.1) is 0 Å². The molecule has 104 valence electrons. The van der Waals surface area contributed by atoms with E-state index >= 15 is 0 Å². The van der Waals surface area contributed by atoms with Crippen LogP contribution in [0.3, 0.4) is 0 Å². The van der Waals surface area contributed by atoms with E-state index in [1.807, 2.05) is 18.5 Å². The van der Waals surface area contributed by atoms with Crippen LogP contribution in [0.25, 0.3) is 11.4 Å². The smallest absolute Gasteiger partial charge is 0.159 e. The summed E-state index contributed by atoms with van der Waals surface area (Å²) in [6.45, 7) is 1.91. The van der Waals surface area contributed by atoms with Crippen LogP contribution in [-0.2, 0) is 0 Å². The fraction of sp³-hybridized carbons (Fsp3) is 0.333. The Morgan fingerprint density at radius 2 is 1.85 bits per heavy atom. The van der Waals surface area contributed by atoms with E-state index in [1.165, 1.54) is 0 Å². The van der Waals surface area contributed by atoms with Gasteiger partial charge in [-0.25, -0.2) is 9.97 Å². The minimum Gasteiger partial charge on any atom is -0.508 e. The summed E-state index contributed by atoms with van der Waals surface area (Å²) >= 11 is 0. The molecule has 0 spiro atoms. The van der Waals surface area contributed by atoms with Crippen LogP contribution in [0, 0.1) is 0 Å². The van der Waals surface area contributed by atoms with Crippen LogP contribution in [0.15, 0.2) is 36.7 Å². The van der Waals surface area contributed by atoms with Crippen LogP contribution in [0.2, 0.25) is 0 Å². The van der Waals surface area contributed by atoms with Crippen LogP contribution in [0.5, 0.6) is 5.75 Å². The van der Waals surface area contributed by atoms with Crippen molar-refractivity contribution in [2.75, 3.05) is 18.0 Å². The minimum absolute atomic E-state index is 0.222. The summed E-state index contributed by atoms with van der Waals surface area (Å²) < 4.78 is 0. The van der Waals surface area contributed by atoms with Crippen molar-refractivity contribution >= 4 is 5.69 Å². The zero-order valence-electron chi connectivity index (χ0n) is 11.2. The number of phenolic OH excluding ortho intramolecular Hbond substituents is 1. The van der Waals surface area contributed by atoms with Crippen molar-refractivity contribution in [1.82, 2.24) is 9.97 Å². The molecule has 3 rings (SSSR count). The second-order valence-electron chi connectivity index (χ2n) is 5.14. The molecular weight excluding hydrogens is 252 g/mol. The number of nitrogens with two attached hydrogens (primary N) is 1. The predicted molar refractivity (Wildman–Crippen MR) is 78.6 cm³/mol. The van der Waals surface area contributed by atoms with Gasteiger partial charge in [0.2, 0.25) is 0 Å². The Kier molecular flexibility index (Phi) is 3.52. The molecule has 1 aliphatic heterocycles. The fourth-order valence-corrected chi connectivity index (χ4v) is 2.44. The summed E-state index contributed by atoms with van der Waals surface area (Å²) in [4.78, 5) is 11.0. The molecule has 0 unspecified atom stereocenters. The summed E-state index contributed by atoms with van der Waals surface area (Å²) in [6.07, 6.45) is 5.69. The van der Waals surface area contributed by atoms with Gasteiger partial charge in [0.05, 0.1) is 18.1 Å². The molecule has 3 N–H and O–H groups in total. The number of rotatable bonds is 2. The van der Waals surface area contributed by atoms with Gasteiger partial charge >= 0.3 is 0 Å². The second kappa shape index (κ2) is 5.46. The third-order valence-electron chi connectivity index (χ3n) is 3.65. The largest absolute Gasteiger partial charge is 0.508 e. The molecule has 2 heterocycles. The molecule has 0 radical (unpaired) electrons. The predicted octanol–water partition coefficient (Wildman–Crippen LogP) is 1.78. The van der Waals surface area contributed by atoms with E-state index in [9.17, 15) is 5.11 Å². The molecule has 0 aliphatic carbocycles. The quantitative estimate of drug-likeness (QED) is 0.870. The third-order valence-corrected chi connectivity index (χ3v) is 3.65. The number of phenols is 1.